The molecule has 0 atom stereocenters. The number of aromatic amines is 1. The Morgan fingerprint density at radius 2 is 1.92 bits per heavy atom. The monoisotopic (exact) mass is 342 g/mol. The van der Waals surface area contributed by atoms with E-state index in [4.69, 9.17) is 4.52 Å². The van der Waals surface area contributed by atoms with Crippen LogP contribution in [0.5, 0.6) is 0 Å². The van der Waals surface area contributed by atoms with E-state index in [9.17, 15) is 4.79 Å². The van der Waals surface area contributed by atoms with Gasteiger partial charge in [-0.1, -0.05) is 62.0 Å². The van der Waals surface area contributed by atoms with E-state index < -0.39 is 0 Å². The fourth-order valence-corrected chi connectivity index (χ4v) is 2.79. The molecule has 0 aliphatic heterocycles. The molecule has 0 unspecified atom stereocenters. The molecule has 3 aromatic rings. The van der Waals surface area contributed by atoms with Gasteiger partial charge in [-0.15, -0.1) is 0 Å². The predicted molar refractivity (Wildman–Crippen MR) is 92.9 cm³/mol. The summed E-state index contributed by atoms with van der Waals surface area (Å²) < 4.78 is 5.27. The summed E-state index contributed by atoms with van der Waals surface area (Å²) in [6.07, 6.45) is 1.47. The van der Waals surface area contributed by atoms with Crippen molar-refractivity contribution in [1.29, 1.82) is 0 Å². The maximum absolute atomic E-state index is 11.2. The summed E-state index contributed by atoms with van der Waals surface area (Å²) in [4.78, 5) is 22.3. The molecule has 0 aliphatic carbocycles. The summed E-state index contributed by atoms with van der Waals surface area (Å²) in [5, 5.41) is 4.54. The highest BCUT2D eigenvalue weighted by molar-refractivity contribution is 7.98. The molecule has 0 amide bonds. The van der Waals surface area contributed by atoms with Crippen molar-refractivity contribution in [3.8, 4) is 11.4 Å². The lowest BCUT2D eigenvalue weighted by molar-refractivity contribution is 0.391. The first kappa shape index (κ1) is 16.4. The Morgan fingerprint density at radius 3 is 2.58 bits per heavy atom. The maximum atomic E-state index is 11.2. The number of H-pyrrole nitrogens is 1. The van der Waals surface area contributed by atoms with Crippen molar-refractivity contribution in [1.82, 2.24) is 20.1 Å². The van der Waals surface area contributed by atoms with Crippen molar-refractivity contribution in [2.24, 2.45) is 0 Å². The van der Waals surface area contributed by atoms with Crippen molar-refractivity contribution < 1.29 is 4.52 Å². The van der Waals surface area contributed by atoms with E-state index in [1.165, 1.54) is 29.6 Å². The first-order valence-electron chi connectivity index (χ1n) is 7.53. The minimum atomic E-state index is -0.183. The third-order valence-corrected chi connectivity index (χ3v) is 4.33. The number of nitrogens with one attached hydrogen (secondary N) is 1. The second-order valence-corrected chi connectivity index (χ2v) is 7.33. The van der Waals surface area contributed by atoms with Gasteiger partial charge in [-0.3, -0.25) is 4.79 Å². The normalized spacial score (nSPS) is 11.6. The summed E-state index contributed by atoms with van der Waals surface area (Å²) in [6.45, 7) is 6.52. The molecule has 0 spiro atoms. The van der Waals surface area contributed by atoms with Gasteiger partial charge in [-0.25, -0.2) is 4.98 Å². The summed E-state index contributed by atoms with van der Waals surface area (Å²) in [6, 6.07) is 9.53. The molecule has 2 aromatic heterocycles. The largest absolute Gasteiger partial charge is 0.338 e. The maximum Gasteiger partial charge on any atom is 0.251 e. The van der Waals surface area contributed by atoms with Gasteiger partial charge in [0.25, 0.3) is 5.56 Å². The molecule has 0 fully saturated rings. The van der Waals surface area contributed by atoms with Crippen LogP contribution in [0.2, 0.25) is 0 Å². The Hall–Kier alpha value is -2.41. The standard InChI is InChI=1S/C17H18N4O2S/c1-17(2,3)12-6-4-11(5-7-12)15-20-14(23-21-15)10-24-16-18-9-8-13(22)19-16/h4-9H,10H2,1-3H3,(H,18,19,22). The summed E-state index contributed by atoms with van der Waals surface area (Å²) in [5.74, 6) is 1.49. The van der Waals surface area contributed by atoms with E-state index in [1.54, 1.807) is 0 Å². The molecule has 0 radical (unpaired) electrons. The van der Waals surface area contributed by atoms with Crippen molar-refractivity contribution >= 4 is 11.8 Å². The zero-order chi connectivity index (χ0) is 17.2. The minimum absolute atomic E-state index is 0.108. The lowest BCUT2D eigenvalue weighted by Crippen LogP contribution is -2.10. The molecule has 0 saturated carbocycles. The molecule has 24 heavy (non-hydrogen) atoms. The van der Waals surface area contributed by atoms with E-state index in [1.807, 2.05) is 12.1 Å². The van der Waals surface area contributed by atoms with Gasteiger partial charge in [0.2, 0.25) is 11.7 Å². The van der Waals surface area contributed by atoms with Crippen LogP contribution in [-0.4, -0.2) is 20.1 Å². The first-order valence-corrected chi connectivity index (χ1v) is 8.52. The third-order valence-electron chi connectivity index (χ3n) is 3.46. The van der Waals surface area contributed by atoms with Gasteiger partial charge in [0.15, 0.2) is 5.16 Å². The lowest BCUT2D eigenvalue weighted by atomic mass is 9.87. The van der Waals surface area contributed by atoms with Crippen molar-refractivity contribution in [3.05, 3.63) is 58.3 Å². The van der Waals surface area contributed by atoms with Gasteiger partial charge >= 0.3 is 0 Å². The van der Waals surface area contributed by atoms with Crippen LogP contribution in [0.3, 0.4) is 0 Å². The molecule has 3 rings (SSSR count). The van der Waals surface area contributed by atoms with Gasteiger partial charge in [0.1, 0.15) is 0 Å². The van der Waals surface area contributed by atoms with E-state index in [2.05, 4.69) is 53.0 Å². The van der Waals surface area contributed by atoms with Crippen LogP contribution in [-0.2, 0) is 11.2 Å². The van der Waals surface area contributed by atoms with Crippen LogP contribution in [0.1, 0.15) is 32.2 Å². The predicted octanol–water partition coefficient (Wildman–Crippen LogP) is 3.41. The highest BCUT2D eigenvalue weighted by atomic mass is 32.2. The van der Waals surface area contributed by atoms with E-state index >= 15 is 0 Å². The molecule has 1 aromatic carbocycles. The Labute approximate surface area is 143 Å². The smallest absolute Gasteiger partial charge is 0.251 e. The van der Waals surface area contributed by atoms with Crippen molar-refractivity contribution in [3.63, 3.8) is 0 Å². The van der Waals surface area contributed by atoms with Crippen LogP contribution in [0.25, 0.3) is 11.4 Å². The topological polar surface area (TPSA) is 84.7 Å². The number of aromatic nitrogens is 4. The quantitative estimate of drug-likeness (QED) is 0.578. The summed E-state index contributed by atoms with van der Waals surface area (Å²) in [5.41, 5.74) is 2.09. The zero-order valence-corrected chi connectivity index (χ0v) is 14.6. The number of rotatable bonds is 4. The zero-order valence-electron chi connectivity index (χ0n) is 13.7. The summed E-state index contributed by atoms with van der Waals surface area (Å²) in [7, 11) is 0. The van der Waals surface area contributed by atoms with Gasteiger partial charge in [0.05, 0.1) is 5.75 Å². The first-order chi connectivity index (χ1) is 11.4. The van der Waals surface area contributed by atoms with Crippen molar-refractivity contribution in [2.75, 3.05) is 0 Å². The van der Waals surface area contributed by atoms with Crippen LogP contribution in [0.15, 0.2) is 51.0 Å². The fourth-order valence-electron chi connectivity index (χ4n) is 2.11. The Morgan fingerprint density at radius 1 is 1.17 bits per heavy atom. The second-order valence-electron chi connectivity index (χ2n) is 6.37. The molecule has 0 saturated heterocycles. The van der Waals surface area contributed by atoms with Crippen LogP contribution >= 0.6 is 11.8 Å². The lowest BCUT2D eigenvalue weighted by Gasteiger charge is -2.18. The molecule has 0 bridgehead atoms. The second kappa shape index (κ2) is 6.60. The minimum Gasteiger partial charge on any atom is -0.338 e. The molecule has 1 N–H and O–H groups in total. The molecule has 124 valence electrons. The molecular weight excluding hydrogens is 324 g/mol. The number of nitrogens with zero attached hydrogens (tertiary/aromatic N) is 3. The molecule has 0 aliphatic rings. The number of hydrogen-bond donors (Lipinski definition) is 1. The van der Waals surface area contributed by atoms with Crippen molar-refractivity contribution in [2.45, 2.75) is 37.1 Å². The molecule has 7 heteroatoms. The van der Waals surface area contributed by atoms with Crippen LogP contribution < -0.4 is 5.56 Å². The van der Waals surface area contributed by atoms with Gasteiger partial charge < -0.3 is 9.51 Å². The van der Waals surface area contributed by atoms with E-state index in [0.29, 0.717) is 22.6 Å². The van der Waals surface area contributed by atoms with Gasteiger partial charge in [-0.2, -0.15) is 4.98 Å². The Balaban J connectivity index is 1.70. The average Bonchev–Trinajstić information content (AvgIpc) is 3.01. The number of thioether (sulfide) groups is 1. The number of hydrogen-bond acceptors (Lipinski definition) is 6. The third kappa shape index (κ3) is 3.91. The Bertz CT molecular complexity index is 878. The Kier molecular flexibility index (Phi) is 4.53. The molecular formula is C17H18N4O2S. The van der Waals surface area contributed by atoms with E-state index in [-0.39, 0.29) is 11.0 Å². The average molecular weight is 342 g/mol. The van der Waals surface area contributed by atoms with Gasteiger partial charge in [-0.05, 0) is 11.0 Å². The summed E-state index contributed by atoms with van der Waals surface area (Å²) >= 11 is 1.34. The van der Waals surface area contributed by atoms with Crippen LogP contribution in [0.4, 0.5) is 0 Å². The molecule has 6 nitrogen and oxygen atoms in total. The van der Waals surface area contributed by atoms with E-state index in [0.717, 1.165) is 5.56 Å². The SMILES string of the molecule is CC(C)(C)c1ccc(-c2noc(CSc3nccc(=O)[nH]3)n2)cc1. The van der Waals surface area contributed by atoms with Crippen LogP contribution in [0, 0.1) is 0 Å². The number of benzene rings is 1. The fraction of sp³-hybridized carbons (Fsp3) is 0.294. The highest BCUT2D eigenvalue weighted by Crippen LogP contribution is 2.25. The van der Waals surface area contributed by atoms with Gasteiger partial charge in [0, 0.05) is 17.8 Å². The highest BCUT2D eigenvalue weighted by Gasteiger charge is 2.14. The molecule has 2 heterocycles.